The average Bonchev–Trinajstić information content (AvgIpc) is 2.82. The van der Waals surface area contributed by atoms with Crippen molar-refractivity contribution >= 4 is 33.5 Å². The fraction of sp³-hybridized carbons (Fsp3) is 0.320. The summed E-state index contributed by atoms with van der Waals surface area (Å²) in [5, 5.41) is 2.99. The van der Waals surface area contributed by atoms with Crippen molar-refractivity contribution in [3.63, 3.8) is 0 Å². The molecule has 0 aliphatic carbocycles. The highest BCUT2D eigenvalue weighted by atomic mass is 79.9. The first kappa shape index (κ1) is 23.0. The lowest BCUT2D eigenvalue weighted by atomic mass is 10.0. The van der Waals surface area contributed by atoms with E-state index in [0.29, 0.717) is 13.1 Å². The third-order valence-corrected chi connectivity index (χ3v) is 6.52. The van der Waals surface area contributed by atoms with Gasteiger partial charge in [0.15, 0.2) is 0 Å². The molecule has 2 heterocycles. The van der Waals surface area contributed by atoms with Gasteiger partial charge in [0, 0.05) is 48.3 Å². The molecule has 3 aromatic rings. The van der Waals surface area contributed by atoms with E-state index in [9.17, 15) is 4.79 Å². The number of benzene rings is 2. The highest BCUT2D eigenvalue weighted by Crippen LogP contribution is 2.26. The van der Waals surface area contributed by atoms with Crippen LogP contribution in [-0.4, -0.2) is 54.2 Å². The van der Waals surface area contributed by atoms with E-state index in [1.165, 1.54) is 5.56 Å². The van der Waals surface area contributed by atoms with Crippen LogP contribution in [0.1, 0.15) is 22.6 Å². The molecule has 1 aliphatic rings. The van der Waals surface area contributed by atoms with Crippen molar-refractivity contribution in [3.05, 3.63) is 75.6 Å². The molecule has 1 saturated heterocycles. The summed E-state index contributed by atoms with van der Waals surface area (Å²) in [5.74, 6) is 2.56. The minimum absolute atomic E-state index is 0.0879. The number of carbonyl (C=O) groups is 1. The number of nitrogens with one attached hydrogen (secondary N) is 1. The topological polar surface area (TPSA) is 70.6 Å². The molecule has 1 aliphatic heterocycles. The van der Waals surface area contributed by atoms with Crippen LogP contribution >= 0.6 is 15.9 Å². The number of rotatable bonds is 5. The van der Waals surface area contributed by atoms with E-state index >= 15 is 0 Å². The van der Waals surface area contributed by atoms with Gasteiger partial charge in [0.05, 0.1) is 12.8 Å². The molecule has 33 heavy (non-hydrogen) atoms. The molecule has 1 fully saturated rings. The molecule has 0 atom stereocenters. The minimum Gasteiger partial charge on any atom is -0.497 e. The van der Waals surface area contributed by atoms with Crippen LogP contribution in [0.5, 0.6) is 5.75 Å². The molecular weight excluding hydrogens is 482 g/mol. The Bertz CT molecular complexity index is 1130. The highest BCUT2D eigenvalue weighted by molar-refractivity contribution is 9.10. The van der Waals surface area contributed by atoms with Gasteiger partial charge in [-0.15, -0.1) is 0 Å². The number of urea groups is 1. The fourth-order valence-corrected chi connectivity index (χ4v) is 4.40. The van der Waals surface area contributed by atoms with E-state index in [0.717, 1.165) is 58.3 Å². The number of carbonyl (C=O) groups excluding carboxylic acids is 1. The monoisotopic (exact) mass is 509 g/mol. The number of ether oxygens (including phenoxy) is 1. The smallest absolute Gasteiger partial charge is 0.321 e. The number of para-hydroxylation sites is 1. The molecule has 0 bridgehead atoms. The molecule has 1 aromatic heterocycles. The number of aromatic nitrogens is 2. The van der Waals surface area contributed by atoms with Gasteiger partial charge in [-0.3, -0.25) is 0 Å². The Labute approximate surface area is 202 Å². The molecule has 0 radical (unpaired) electrons. The van der Waals surface area contributed by atoms with E-state index < -0.39 is 0 Å². The first-order chi connectivity index (χ1) is 15.9. The number of aryl methyl sites for hydroxylation is 2. The van der Waals surface area contributed by atoms with Crippen molar-refractivity contribution in [1.82, 2.24) is 14.9 Å². The van der Waals surface area contributed by atoms with Gasteiger partial charge in [0.25, 0.3) is 0 Å². The summed E-state index contributed by atoms with van der Waals surface area (Å²) in [4.78, 5) is 26.3. The zero-order valence-corrected chi connectivity index (χ0v) is 20.7. The van der Waals surface area contributed by atoms with E-state index in [2.05, 4.69) is 43.3 Å². The number of methoxy groups -OCH3 is 1. The second-order valence-electron chi connectivity index (χ2n) is 8.07. The normalized spacial score (nSPS) is 13.7. The van der Waals surface area contributed by atoms with Crippen LogP contribution in [0.2, 0.25) is 0 Å². The van der Waals surface area contributed by atoms with Crippen molar-refractivity contribution in [2.75, 3.05) is 43.5 Å². The Kier molecular flexibility index (Phi) is 7.13. The molecule has 0 saturated carbocycles. The number of piperazine rings is 1. The predicted molar refractivity (Wildman–Crippen MR) is 134 cm³/mol. The first-order valence-corrected chi connectivity index (χ1v) is 11.8. The number of hydrogen-bond donors (Lipinski definition) is 1. The van der Waals surface area contributed by atoms with Crippen molar-refractivity contribution in [2.45, 2.75) is 20.3 Å². The Hall–Kier alpha value is -3.13. The van der Waals surface area contributed by atoms with E-state index in [4.69, 9.17) is 9.72 Å². The summed E-state index contributed by atoms with van der Waals surface area (Å²) in [6, 6.07) is 15.6. The molecule has 0 spiro atoms. The molecular formula is C25H28BrN5O2. The van der Waals surface area contributed by atoms with Gasteiger partial charge < -0.3 is 19.9 Å². The summed E-state index contributed by atoms with van der Waals surface area (Å²) in [6.07, 6.45) is 0.744. The summed E-state index contributed by atoms with van der Waals surface area (Å²) in [6.45, 7) is 6.65. The standard InChI is InChI=1S/C25H28BrN5O2/c1-17-21(16-19-8-10-20(33-3)11-9-19)24(28-18(2)27-17)30-12-14-31(15-13-30)25(32)29-23-7-5-4-6-22(23)26/h4-11H,12-16H2,1-3H3,(H,29,32). The van der Waals surface area contributed by atoms with Gasteiger partial charge in [0.2, 0.25) is 0 Å². The Morgan fingerprint density at radius 2 is 1.73 bits per heavy atom. The van der Waals surface area contributed by atoms with Crippen LogP contribution in [0.25, 0.3) is 0 Å². The number of nitrogens with zero attached hydrogens (tertiary/aromatic N) is 4. The Morgan fingerprint density at radius 3 is 2.39 bits per heavy atom. The third kappa shape index (κ3) is 5.45. The van der Waals surface area contributed by atoms with Gasteiger partial charge in [-0.25, -0.2) is 14.8 Å². The maximum atomic E-state index is 12.8. The molecule has 2 amide bonds. The molecule has 2 aromatic carbocycles. The van der Waals surface area contributed by atoms with Gasteiger partial charge in [-0.05, 0) is 59.6 Å². The summed E-state index contributed by atoms with van der Waals surface area (Å²) in [5.41, 5.74) is 4.06. The number of halogens is 1. The van der Waals surface area contributed by atoms with E-state index in [1.54, 1.807) is 7.11 Å². The van der Waals surface area contributed by atoms with Crippen molar-refractivity contribution in [1.29, 1.82) is 0 Å². The Balaban J connectivity index is 1.47. The maximum absolute atomic E-state index is 12.8. The molecule has 1 N–H and O–H groups in total. The van der Waals surface area contributed by atoms with Crippen LogP contribution < -0.4 is 15.0 Å². The number of anilines is 2. The zero-order chi connectivity index (χ0) is 23.4. The molecule has 172 valence electrons. The van der Waals surface area contributed by atoms with Gasteiger partial charge in [0.1, 0.15) is 17.4 Å². The van der Waals surface area contributed by atoms with Crippen LogP contribution in [0.3, 0.4) is 0 Å². The average molecular weight is 510 g/mol. The lowest BCUT2D eigenvalue weighted by Crippen LogP contribution is -2.50. The molecule has 0 unspecified atom stereocenters. The van der Waals surface area contributed by atoms with Crippen LogP contribution in [-0.2, 0) is 6.42 Å². The van der Waals surface area contributed by atoms with E-state index in [1.807, 2.05) is 55.1 Å². The molecule has 8 heteroatoms. The van der Waals surface area contributed by atoms with Crippen LogP contribution in [0, 0.1) is 13.8 Å². The first-order valence-electron chi connectivity index (χ1n) is 11.0. The SMILES string of the molecule is COc1ccc(Cc2c(C)nc(C)nc2N2CCN(C(=O)Nc3ccccc3Br)CC2)cc1. The lowest BCUT2D eigenvalue weighted by Gasteiger charge is -2.36. The lowest BCUT2D eigenvalue weighted by molar-refractivity contribution is 0.208. The maximum Gasteiger partial charge on any atom is 0.321 e. The third-order valence-electron chi connectivity index (χ3n) is 5.83. The van der Waals surface area contributed by atoms with Crippen molar-refractivity contribution < 1.29 is 9.53 Å². The fourth-order valence-electron chi connectivity index (χ4n) is 4.01. The van der Waals surface area contributed by atoms with Crippen LogP contribution in [0.4, 0.5) is 16.3 Å². The molecule has 7 nitrogen and oxygen atoms in total. The largest absolute Gasteiger partial charge is 0.497 e. The zero-order valence-electron chi connectivity index (χ0n) is 19.1. The summed E-state index contributed by atoms with van der Waals surface area (Å²) in [7, 11) is 1.67. The minimum atomic E-state index is -0.0879. The predicted octanol–water partition coefficient (Wildman–Crippen LogP) is 4.81. The highest BCUT2D eigenvalue weighted by Gasteiger charge is 2.25. The summed E-state index contributed by atoms with van der Waals surface area (Å²) < 4.78 is 6.15. The second-order valence-corrected chi connectivity index (χ2v) is 8.92. The summed E-state index contributed by atoms with van der Waals surface area (Å²) >= 11 is 3.48. The second kappa shape index (κ2) is 10.2. The number of amides is 2. The van der Waals surface area contributed by atoms with Gasteiger partial charge in [-0.1, -0.05) is 24.3 Å². The van der Waals surface area contributed by atoms with Crippen molar-refractivity contribution in [3.8, 4) is 5.75 Å². The molecule has 4 rings (SSSR count). The Morgan fingerprint density at radius 1 is 1.03 bits per heavy atom. The van der Waals surface area contributed by atoms with Gasteiger partial charge in [-0.2, -0.15) is 0 Å². The van der Waals surface area contributed by atoms with E-state index in [-0.39, 0.29) is 6.03 Å². The van der Waals surface area contributed by atoms with Crippen LogP contribution in [0.15, 0.2) is 53.0 Å². The quantitative estimate of drug-likeness (QED) is 0.534. The van der Waals surface area contributed by atoms with Gasteiger partial charge >= 0.3 is 6.03 Å². The number of hydrogen-bond acceptors (Lipinski definition) is 5. The van der Waals surface area contributed by atoms with Crippen molar-refractivity contribution in [2.24, 2.45) is 0 Å².